The summed E-state index contributed by atoms with van der Waals surface area (Å²) in [5.41, 5.74) is -0.122. The highest BCUT2D eigenvalue weighted by molar-refractivity contribution is 7.93. The minimum absolute atomic E-state index is 0.184. The van der Waals surface area contributed by atoms with Crippen LogP contribution in [-0.4, -0.2) is 23.9 Å². The van der Waals surface area contributed by atoms with Gasteiger partial charge in [-0.3, -0.25) is 4.79 Å². The SMILES string of the molecule is O=C(Nc1ccc(F)cc1)c1nnsc1S(=O)(=O)c1ccc(F)cc1. The van der Waals surface area contributed by atoms with E-state index in [4.69, 9.17) is 0 Å². The number of hydrogen-bond acceptors (Lipinski definition) is 6. The van der Waals surface area contributed by atoms with Gasteiger partial charge in [-0.25, -0.2) is 17.2 Å². The van der Waals surface area contributed by atoms with Crippen molar-refractivity contribution in [1.29, 1.82) is 0 Å². The number of aromatic nitrogens is 2. The predicted molar refractivity (Wildman–Crippen MR) is 86.1 cm³/mol. The fraction of sp³-hybridized carbons (Fsp3) is 0. The van der Waals surface area contributed by atoms with Crippen molar-refractivity contribution in [2.45, 2.75) is 9.10 Å². The molecule has 1 N–H and O–H groups in total. The molecule has 1 amide bonds. The van der Waals surface area contributed by atoms with Gasteiger partial charge in [0.25, 0.3) is 5.91 Å². The fourth-order valence-electron chi connectivity index (χ4n) is 1.94. The van der Waals surface area contributed by atoms with E-state index < -0.39 is 33.1 Å². The van der Waals surface area contributed by atoms with Gasteiger partial charge in [0.2, 0.25) is 9.84 Å². The second-order valence-corrected chi connectivity index (χ2v) is 7.73. The Morgan fingerprint density at radius 2 is 1.52 bits per heavy atom. The van der Waals surface area contributed by atoms with Crippen LogP contribution in [0, 0.1) is 11.6 Å². The standard InChI is InChI=1S/C15H9F2N3O3S2/c16-9-1-5-11(6-2-9)18-14(21)13-15(24-20-19-13)25(22,23)12-7-3-10(17)4-8-12/h1-8H,(H,18,21). The zero-order valence-corrected chi connectivity index (χ0v) is 13.9. The van der Waals surface area contributed by atoms with Crippen molar-refractivity contribution in [2.75, 3.05) is 5.32 Å². The highest BCUT2D eigenvalue weighted by atomic mass is 32.2. The van der Waals surface area contributed by atoms with Crippen LogP contribution in [0.1, 0.15) is 10.5 Å². The third-order valence-corrected chi connectivity index (χ3v) is 6.12. The Morgan fingerprint density at radius 3 is 2.12 bits per heavy atom. The number of nitrogens with zero attached hydrogens (tertiary/aromatic N) is 2. The molecule has 1 aromatic heterocycles. The largest absolute Gasteiger partial charge is 0.321 e. The quantitative estimate of drug-likeness (QED) is 0.702. The molecule has 0 aliphatic heterocycles. The molecule has 0 aliphatic rings. The number of anilines is 1. The number of benzene rings is 2. The molecule has 1 heterocycles. The van der Waals surface area contributed by atoms with E-state index in [9.17, 15) is 22.0 Å². The lowest BCUT2D eigenvalue weighted by molar-refractivity contribution is 0.101. The van der Waals surface area contributed by atoms with E-state index in [-0.39, 0.29) is 14.8 Å². The number of carbonyl (C=O) groups is 1. The maximum absolute atomic E-state index is 13.0. The maximum Gasteiger partial charge on any atom is 0.278 e. The summed E-state index contributed by atoms with van der Waals surface area (Å²) < 4.78 is 54.3. The van der Waals surface area contributed by atoms with Crippen LogP contribution < -0.4 is 5.32 Å². The van der Waals surface area contributed by atoms with Gasteiger partial charge in [-0.1, -0.05) is 4.49 Å². The fourth-order valence-corrected chi connectivity index (χ4v) is 4.24. The van der Waals surface area contributed by atoms with Gasteiger partial charge in [0.15, 0.2) is 9.90 Å². The Bertz CT molecular complexity index is 1020. The molecule has 2 aromatic carbocycles. The first-order valence-electron chi connectivity index (χ1n) is 6.78. The number of hydrogen-bond donors (Lipinski definition) is 1. The molecule has 128 valence electrons. The van der Waals surface area contributed by atoms with Crippen LogP contribution in [0.5, 0.6) is 0 Å². The van der Waals surface area contributed by atoms with Crippen molar-refractivity contribution in [3.8, 4) is 0 Å². The van der Waals surface area contributed by atoms with Crippen molar-refractivity contribution in [1.82, 2.24) is 9.59 Å². The molecular formula is C15H9F2N3O3S2. The van der Waals surface area contributed by atoms with Gasteiger partial charge in [-0.05, 0) is 48.5 Å². The van der Waals surface area contributed by atoms with Gasteiger partial charge < -0.3 is 5.32 Å². The summed E-state index contributed by atoms with van der Waals surface area (Å²) in [5, 5.41) is 5.99. The Hall–Kier alpha value is -2.72. The number of amides is 1. The highest BCUT2D eigenvalue weighted by Gasteiger charge is 2.29. The molecule has 25 heavy (non-hydrogen) atoms. The number of carbonyl (C=O) groups excluding carboxylic acids is 1. The molecule has 0 saturated heterocycles. The van der Waals surface area contributed by atoms with Crippen molar-refractivity contribution in [2.24, 2.45) is 0 Å². The van der Waals surface area contributed by atoms with Crippen molar-refractivity contribution >= 4 is 33.0 Å². The second-order valence-electron chi connectivity index (χ2n) is 4.83. The van der Waals surface area contributed by atoms with Gasteiger partial charge >= 0.3 is 0 Å². The smallest absolute Gasteiger partial charge is 0.278 e. The van der Waals surface area contributed by atoms with E-state index in [0.717, 1.165) is 36.4 Å². The van der Waals surface area contributed by atoms with Crippen LogP contribution in [0.3, 0.4) is 0 Å². The third kappa shape index (κ3) is 3.54. The first-order valence-corrected chi connectivity index (χ1v) is 9.03. The maximum atomic E-state index is 13.0. The Morgan fingerprint density at radius 1 is 0.960 bits per heavy atom. The molecule has 0 spiro atoms. The van der Waals surface area contributed by atoms with Gasteiger partial charge in [0.1, 0.15) is 11.6 Å². The van der Waals surface area contributed by atoms with E-state index in [1.165, 1.54) is 12.1 Å². The first-order chi connectivity index (χ1) is 11.9. The van der Waals surface area contributed by atoms with E-state index in [0.29, 0.717) is 11.5 Å². The average Bonchev–Trinajstić information content (AvgIpc) is 3.08. The number of rotatable bonds is 4. The predicted octanol–water partition coefficient (Wildman–Crippen LogP) is 2.90. The van der Waals surface area contributed by atoms with E-state index in [1.54, 1.807) is 0 Å². The molecule has 6 nitrogen and oxygen atoms in total. The Kier molecular flexibility index (Phi) is 4.55. The van der Waals surface area contributed by atoms with Crippen LogP contribution in [0.4, 0.5) is 14.5 Å². The summed E-state index contributed by atoms with van der Waals surface area (Å²) in [6, 6.07) is 9.11. The minimum atomic E-state index is -4.08. The summed E-state index contributed by atoms with van der Waals surface area (Å²) in [6.07, 6.45) is 0. The molecule has 0 saturated carbocycles. The first kappa shape index (κ1) is 17.1. The molecule has 0 atom stereocenters. The zero-order chi connectivity index (χ0) is 18.0. The number of sulfone groups is 1. The van der Waals surface area contributed by atoms with Crippen LogP contribution >= 0.6 is 11.5 Å². The summed E-state index contributed by atoms with van der Waals surface area (Å²) in [5.74, 6) is -1.87. The molecule has 3 aromatic rings. The van der Waals surface area contributed by atoms with Gasteiger partial charge in [-0.15, -0.1) is 5.10 Å². The average molecular weight is 381 g/mol. The summed E-state index contributed by atoms with van der Waals surface area (Å²) in [7, 11) is -4.08. The number of nitrogens with one attached hydrogen (secondary N) is 1. The molecular weight excluding hydrogens is 372 g/mol. The lowest BCUT2D eigenvalue weighted by Gasteiger charge is -2.05. The van der Waals surface area contributed by atoms with Gasteiger partial charge in [-0.2, -0.15) is 0 Å². The second kappa shape index (κ2) is 6.65. The van der Waals surface area contributed by atoms with E-state index in [1.807, 2.05) is 0 Å². The van der Waals surface area contributed by atoms with E-state index >= 15 is 0 Å². The summed E-state index contributed by atoms with van der Waals surface area (Å²) in [4.78, 5) is 12.1. The molecule has 3 rings (SSSR count). The van der Waals surface area contributed by atoms with E-state index in [2.05, 4.69) is 14.9 Å². The van der Waals surface area contributed by atoms with Crippen LogP contribution in [0.25, 0.3) is 0 Å². The van der Waals surface area contributed by atoms with Gasteiger partial charge in [0.05, 0.1) is 4.90 Å². The molecule has 0 bridgehead atoms. The molecule has 0 aliphatic carbocycles. The summed E-state index contributed by atoms with van der Waals surface area (Å²) in [6.45, 7) is 0. The Labute approximate surface area is 145 Å². The minimum Gasteiger partial charge on any atom is -0.321 e. The summed E-state index contributed by atoms with van der Waals surface area (Å²) >= 11 is 0.533. The van der Waals surface area contributed by atoms with Crippen LogP contribution in [-0.2, 0) is 9.84 Å². The molecule has 10 heteroatoms. The van der Waals surface area contributed by atoms with Crippen molar-refractivity contribution in [3.05, 3.63) is 65.9 Å². The topological polar surface area (TPSA) is 89.0 Å². The normalized spacial score (nSPS) is 11.3. The monoisotopic (exact) mass is 381 g/mol. The molecule has 0 fully saturated rings. The van der Waals surface area contributed by atoms with Crippen molar-refractivity contribution < 1.29 is 22.0 Å². The van der Waals surface area contributed by atoms with Crippen LogP contribution in [0.2, 0.25) is 0 Å². The lowest BCUT2D eigenvalue weighted by atomic mass is 10.3. The number of halogens is 2. The lowest BCUT2D eigenvalue weighted by Crippen LogP contribution is -2.16. The highest BCUT2D eigenvalue weighted by Crippen LogP contribution is 2.26. The molecule has 0 unspecified atom stereocenters. The van der Waals surface area contributed by atoms with Crippen LogP contribution in [0.15, 0.2) is 57.6 Å². The van der Waals surface area contributed by atoms with Crippen molar-refractivity contribution in [3.63, 3.8) is 0 Å². The van der Waals surface area contributed by atoms with Gasteiger partial charge in [0, 0.05) is 17.2 Å². The zero-order valence-electron chi connectivity index (χ0n) is 12.3. The third-order valence-electron chi connectivity index (χ3n) is 3.14. The Balaban J connectivity index is 1.93. The molecule has 0 radical (unpaired) electrons.